The van der Waals surface area contributed by atoms with Gasteiger partial charge in [-0.15, -0.1) is 16.4 Å². The van der Waals surface area contributed by atoms with Crippen LogP contribution in [0.25, 0.3) is 0 Å². The number of hydrogen-bond donors (Lipinski definition) is 2. The van der Waals surface area contributed by atoms with Crippen LogP contribution in [0.15, 0.2) is 11.6 Å². The fourth-order valence-corrected chi connectivity index (χ4v) is 1.91. The smallest absolute Gasteiger partial charge is 0.362 e. The normalized spacial score (nSPS) is 10.2. The molecular formula is C10H12N6O3S. The van der Waals surface area contributed by atoms with Crippen LogP contribution in [0, 0.1) is 0 Å². The molecule has 9 nitrogen and oxygen atoms in total. The topological polar surface area (TPSA) is 125 Å². The van der Waals surface area contributed by atoms with E-state index in [-0.39, 0.29) is 30.6 Å². The highest BCUT2D eigenvalue weighted by molar-refractivity contribution is 7.13. The maximum atomic E-state index is 11.7. The lowest BCUT2D eigenvalue weighted by Gasteiger charge is -2.03. The van der Waals surface area contributed by atoms with Crippen molar-refractivity contribution in [1.82, 2.24) is 20.0 Å². The van der Waals surface area contributed by atoms with Crippen LogP contribution in [0.2, 0.25) is 0 Å². The van der Waals surface area contributed by atoms with Gasteiger partial charge in [0.1, 0.15) is 6.54 Å². The number of anilines is 2. The Labute approximate surface area is 117 Å². The summed E-state index contributed by atoms with van der Waals surface area (Å²) in [4.78, 5) is 27.1. The van der Waals surface area contributed by atoms with Gasteiger partial charge in [0.25, 0.3) is 0 Å². The third kappa shape index (κ3) is 3.09. The van der Waals surface area contributed by atoms with Crippen molar-refractivity contribution in [1.29, 1.82) is 0 Å². The van der Waals surface area contributed by atoms with Crippen LogP contribution >= 0.6 is 11.3 Å². The Morgan fingerprint density at radius 1 is 1.55 bits per heavy atom. The van der Waals surface area contributed by atoms with E-state index in [1.54, 1.807) is 18.5 Å². The predicted molar refractivity (Wildman–Crippen MR) is 71.1 cm³/mol. The zero-order valence-corrected chi connectivity index (χ0v) is 11.4. The number of carbonyl (C=O) groups excluding carboxylic acids is 2. The van der Waals surface area contributed by atoms with Gasteiger partial charge in [-0.3, -0.25) is 4.79 Å². The van der Waals surface area contributed by atoms with Gasteiger partial charge >= 0.3 is 5.97 Å². The lowest BCUT2D eigenvalue weighted by atomic mass is 10.4. The quantitative estimate of drug-likeness (QED) is 0.751. The highest BCUT2D eigenvalue weighted by Crippen LogP contribution is 2.12. The zero-order chi connectivity index (χ0) is 14.5. The Balaban J connectivity index is 2.03. The van der Waals surface area contributed by atoms with E-state index >= 15 is 0 Å². The Morgan fingerprint density at radius 3 is 3.00 bits per heavy atom. The maximum absolute atomic E-state index is 11.7. The minimum Gasteiger partial charge on any atom is -0.461 e. The van der Waals surface area contributed by atoms with Gasteiger partial charge in [-0.25, -0.2) is 14.5 Å². The van der Waals surface area contributed by atoms with E-state index in [0.29, 0.717) is 5.13 Å². The number of nitrogen functional groups attached to an aromatic ring is 1. The van der Waals surface area contributed by atoms with Crippen molar-refractivity contribution >= 4 is 34.2 Å². The van der Waals surface area contributed by atoms with E-state index in [4.69, 9.17) is 10.5 Å². The largest absolute Gasteiger partial charge is 0.461 e. The summed E-state index contributed by atoms with van der Waals surface area (Å²) in [7, 11) is 0. The van der Waals surface area contributed by atoms with Crippen LogP contribution < -0.4 is 11.1 Å². The van der Waals surface area contributed by atoms with Gasteiger partial charge in [-0.1, -0.05) is 5.21 Å². The molecule has 0 saturated heterocycles. The SMILES string of the molecule is CCOC(=O)c1nnn(CC(=O)Nc2nccs2)c1N. The van der Waals surface area contributed by atoms with E-state index in [1.165, 1.54) is 11.3 Å². The molecule has 0 unspecified atom stereocenters. The summed E-state index contributed by atoms with van der Waals surface area (Å²) in [5.41, 5.74) is 5.60. The first kappa shape index (κ1) is 13.9. The number of ether oxygens (including phenoxy) is 1. The number of rotatable bonds is 5. The van der Waals surface area contributed by atoms with Crippen LogP contribution in [0.1, 0.15) is 17.4 Å². The molecule has 3 N–H and O–H groups in total. The number of hydrogen-bond acceptors (Lipinski definition) is 8. The monoisotopic (exact) mass is 296 g/mol. The summed E-state index contributed by atoms with van der Waals surface area (Å²) in [6.45, 7) is 1.70. The molecule has 0 fully saturated rings. The second-order valence-electron chi connectivity index (χ2n) is 3.59. The van der Waals surface area contributed by atoms with Crippen molar-refractivity contribution in [2.75, 3.05) is 17.7 Å². The number of nitrogens with two attached hydrogens (primary N) is 1. The molecule has 0 aliphatic rings. The number of carbonyl (C=O) groups is 2. The molecule has 106 valence electrons. The molecule has 0 aliphatic heterocycles. The van der Waals surface area contributed by atoms with Crippen molar-refractivity contribution < 1.29 is 14.3 Å². The van der Waals surface area contributed by atoms with Crippen LogP contribution in [-0.4, -0.2) is 38.5 Å². The summed E-state index contributed by atoms with van der Waals surface area (Å²) in [5.74, 6) is -1.05. The minimum absolute atomic E-state index is 0.0160. The molecular weight excluding hydrogens is 284 g/mol. The maximum Gasteiger partial charge on any atom is 0.362 e. The third-order valence-corrected chi connectivity index (χ3v) is 2.90. The highest BCUT2D eigenvalue weighted by Gasteiger charge is 2.19. The molecule has 0 aromatic carbocycles. The Kier molecular flexibility index (Phi) is 4.25. The molecule has 0 aliphatic carbocycles. The number of thiazole rings is 1. The molecule has 0 radical (unpaired) electrons. The third-order valence-electron chi connectivity index (χ3n) is 2.21. The molecule has 2 aromatic heterocycles. The average Bonchev–Trinajstić information content (AvgIpc) is 3.01. The number of nitrogens with zero attached hydrogens (tertiary/aromatic N) is 4. The molecule has 2 heterocycles. The van der Waals surface area contributed by atoms with Gasteiger partial charge in [0.15, 0.2) is 10.9 Å². The standard InChI is InChI=1S/C10H12N6O3S/c1-2-19-9(18)7-8(11)16(15-14-7)5-6(17)13-10-12-3-4-20-10/h3-4H,2,5,11H2,1H3,(H,12,13,17). The van der Waals surface area contributed by atoms with E-state index < -0.39 is 5.97 Å². The summed E-state index contributed by atoms with van der Waals surface area (Å²) >= 11 is 1.29. The molecule has 0 bridgehead atoms. The van der Waals surface area contributed by atoms with Crippen molar-refractivity contribution in [2.45, 2.75) is 13.5 Å². The van der Waals surface area contributed by atoms with E-state index in [0.717, 1.165) is 4.68 Å². The molecule has 2 aromatic rings. The van der Waals surface area contributed by atoms with Crippen molar-refractivity contribution in [3.63, 3.8) is 0 Å². The molecule has 0 atom stereocenters. The van der Waals surface area contributed by atoms with Gasteiger partial charge in [0, 0.05) is 11.6 Å². The molecule has 2 rings (SSSR count). The summed E-state index contributed by atoms with van der Waals surface area (Å²) in [5, 5.41) is 12.0. The van der Waals surface area contributed by atoms with Gasteiger partial charge < -0.3 is 15.8 Å². The van der Waals surface area contributed by atoms with Gasteiger partial charge in [-0.05, 0) is 6.92 Å². The second-order valence-corrected chi connectivity index (χ2v) is 4.48. The zero-order valence-electron chi connectivity index (χ0n) is 10.6. The Bertz CT molecular complexity index is 609. The first-order valence-corrected chi connectivity index (χ1v) is 6.55. The number of esters is 1. The summed E-state index contributed by atoms with van der Waals surface area (Å²) in [6.07, 6.45) is 1.57. The molecule has 20 heavy (non-hydrogen) atoms. The lowest BCUT2D eigenvalue weighted by molar-refractivity contribution is -0.116. The van der Waals surface area contributed by atoms with E-state index in [2.05, 4.69) is 20.6 Å². The summed E-state index contributed by atoms with van der Waals surface area (Å²) < 4.78 is 5.89. The first-order chi connectivity index (χ1) is 9.61. The first-order valence-electron chi connectivity index (χ1n) is 5.67. The fourth-order valence-electron chi connectivity index (χ4n) is 1.36. The molecule has 10 heteroatoms. The van der Waals surface area contributed by atoms with Crippen LogP contribution in [0.5, 0.6) is 0 Å². The predicted octanol–water partition coefficient (Wildman–Crippen LogP) is 0.132. The highest BCUT2D eigenvalue weighted by atomic mass is 32.1. The van der Waals surface area contributed by atoms with Crippen molar-refractivity contribution in [3.8, 4) is 0 Å². The molecule has 0 spiro atoms. The fraction of sp³-hybridized carbons (Fsp3) is 0.300. The Hall–Kier alpha value is -2.49. The number of amides is 1. The van der Waals surface area contributed by atoms with Gasteiger partial charge in [-0.2, -0.15) is 0 Å². The lowest BCUT2D eigenvalue weighted by Crippen LogP contribution is -2.21. The van der Waals surface area contributed by atoms with Crippen LogP contribution in [0.3, 0.4) is 0 Å². The Morgan fingerprint density at radius 2 is 2.35 bits per heavy atom. The average molecular weight is 296 g/mol. The van der Waals surface area contributed by atoms with E-state index in [1.807, 2.05) is 0 Å². The van der Waals surface area contributed by atoms with E-state index in [9.17, 15) is 9.59 Å². The second kappa shape index (κ2) is 6.10. The number of nitrogens with one attached hydrogen (secondary N) is 1. The minimum atomic E-state index is -0.670. The van der Waals surface area contributed by atoms with Crippen LogP contribution in [-0.2, 0) is 16.1 Å². The molecule has 0 saturated carbocycles. The van der Waals surface area contributed by atoms with Crippen molar-refractivity contribution in [2.24, 2.45) is 0 Å². The van der Waals surface area contributed by atoms with Gasteiger partial charge in [0.2, 0.25) is 11.6 Å². The molecule has 1 amide bonds. The van der Waals surface area contributed by atoms with Gasteiger partial charge in [0.05, 0.1) is 6.61 Å². The van der Waals surface area contributed by atoms with Crippen molar-refractivity contribution in [3.05, 3.63) is 17.3 Å². The number of aromatic nitrogens is 4. The van der Waals surface area contributed by atoms with Crippen LogP contribution in [0.4, 0.5) is 10.9 Å². The summed E-state index contributed by atoms with van der Waals surface area (Å²) in [6, 6.07) is 0.